The average Bonchev–Trinajstić information content (AvgIpc) is 3.17. The first kappa shape index (κ1) is 12.8. The molecule has 0 saturated heterocycles. The lowest BCUT2D eigenvalue weighted by Crippen LogP contribution is -1.97. The Morgan fingerprint density at radius 2 is 1.80 bits per heavy atom. The molecular formula is C14H10N2S4. The summed E-state index contributed by atoms with van der Waals surface area (Å²) >= 11 is 12.7. The van der Waals surface area contributed by atoms with Crippen LogP contribution < -0.4 is 0 Å². The van der Waals surface area contributed by atoms with Gasteiger partial charge in [-0.1, -0.05) is 12.1 Å². The Kier molecular flexibility index (Phi) is 3.07. The SMILES string of the molecule is Sc1[nH]c(-c2cccs2)c2c1C(c1cccs1)=NC2S. The van der Waals surface area contributed by atoms with Crippen LogP contribution in [0, 0.1) is 0 Å². The number of nitrogens with zero attached hydrogens (tertiary/aromatic N) is 1. The van der Waals surface area contributed by atoms with E-state index in [0.29, 0.717) is 0 Å². The molecule has 0 aliphatic carbocycles. The number of aliphatic imine (C=N–C) groups is 1. The van der Waals surface area contributed by atoms with E-state index in [9.17, 15) is 0 Å². The highest BCUT2D eigenvalue weighted by Crippen LogP contribution is 2.45. The Hall–Kier alpha value is -0.950. The van der Waals surface area contributed by atoms with Crippen LogP contribution in [0.4, 0.5) is 0 Å². The van der Waals surface area contributed by atoms with Crippen LogP contribution in [0.1, 0.15) is 21.4 Å². The van der Waals surface area contributed by atoms with Gasteiger partial charge in [-0.3, -0.25) is 4.99 Å². The maximum Gasteiger partial charge on any atom is 0.121 e. The van der Waals surface area contributed by atoms with Crippen molar-refractivity contribution in [2.45, 2.75) is 10.4 Å². The Morgan fingerprint density at radius 3 is 2.45 bits per heavy atom. The fourth-order valence-electron chi connectivity index (χ4n) is 2.47. The lowest BCUT2D eigenvalue weighted by molar-refractivity contribution is 1.08. The summed E-state index contributed by atoms with van der Waals surface area (Å²) in [6.45, 7) is 0. The molecule has 100 valence electrons. The zero-order chi connectivity index (χ0) is 13.7. The van der Waals surface area contributed by atoms with E-state index in [0.717, 1.165) is 32.4 Å². The van der Waals surface area contributed by atoms with Crippen molar-refractivity contribution in [1.29, 1.82) is 0 Å². The highest BCUT2D eigenvalue weighted by molar-refractivity contribution is 7.80. The third-order valence-electron chi connectivity index (χ3n) is 3.29. The van der Waals surface area contributed by atoms with E-state index < -0.39 is 0 Å². The first-order valence-electron chi connectivity index (χ1n) is 6.04. The fourth-order valence-corrected chi connectivity index (χ4v) is 4.64. The molecular weight excluding hydrogens is 324 g/mol. The van der Waals surface area contributed by atoms with E-state index in [2.05, 4.69) is 59.2 Å². The van der Waals surface area contributed by atoms with E-state index in [-0.39, 0.29) is 5.37 Å². The average molecular weight is 335 g/mol. The van der Waals surface area contributed by atoms with Crippen molar-refractivity contribution >= 4 is 53.6 Å². The van der Waals surface area contributed by atoms with Gasteiger partial charge in [-0.05, 0) is 22.9 Å². The molecule has 0 fully saturated rings. The van der Waals surface area contributed by atoms with Gasteiger partial charge >= 0.3 is 0 Å². The summed E-state index contributed by atoms with van der Waals surface area (Å²) in [5, 5.41) is 4.88. The van der Waals surface area contributed by atoms with Gasteiger partial charge in [0.1, 0.15) is 5.37 Å². The molecule has 20 heavy (non-hydrogen) atoms. The molecule has 1 aliphatic heterocycles. The standard InChI is InChI=1S/C14H10N2S4/c17-13-9-10(12(16-13)8-4-2-6-20-8)14(18)15-11(9)7-3-1-5-19-7/h1-6,13,15,17-18H. The number of rotatable bonds is 2. The second kappa shape index (κ2) is 4.80. The predicted molar refractivity (Wildman–Crippen MR) is 93.0 cm³/mol. The quantitative estimate of drug-likeness (QED) is 0.558. The summed E-state index contributed by atoms with van der Waals surface area (Å²) < 4.78 is 0. The number of fused-ring (bicyclic) bond motifs is 1. The third kappa shape index (κ3) is 1.83. The second-order valence-corrected chi connectivity index (χ2v) is 7.28. The molecule has 0 radical (unpaired) electrons. The minimum absolute atomic E-state index is 0.128. The topological polar surface area (TPSA) is 28.1 Å². The van der Waals surface area contributed by atoms with E-state index in [1.165, 1.54) is 4.88 Å². The Bertz CT molecular complexity index is 782. The summed E-state index contributed by atoms with van der Waals surface area (Å²) in [6.07, 6.45) is 0. The molecule has 3 aromatic rings. The third-order valence-corrected chi connectivity index (χ3v) is 5.76. The Labute approximate surface area is 135 Å². The van der Waals surface area contributed by atoms with Crippen molar-refractivity contribution in [3.05, 3.63) is 51.0 Å². The number of thiol groups is 2. The van der Waals surface area contributed by atoms with Crippen LogP contribution in [0.2, 0.25) is 0 Å². The molecule has 1 atom stereocenters. The maximum absolute atomic E-state index is 4.72. The molecule has 0 spiro atoms. The summed E-state index contributed by atoms with van der Waals surface area (Å²) in [6, 6.07) is 8.28. The van der Waals surface area contributed by atoms with Crippen molar-refractivity contribution < 1.29 is 0 Å². The molecule has 1 aliphatic rings. The van der Waals surface area contributed by atoms with Gasteiger partial charge in [-0.2, -0.15) is 0 Å². The summed E-state index contributed by atoms with van der Waals surface area (Å²) in [4.78, 5) is 10.5. The predicted octanol–water partition coefficient (Wildman–Crippen LogP) is 4.87. The van der Waals surface area contributed by atoms with Gasteiger partial charge in [-0.15, -0.1) is 47.9 Å². The van der Waals surface area contributed by atoms with Crippen LogP contribution in [0.25, 0.3) is 10.6 Å². The first-order valence-corrected chi connectivity index (χ1v) is 8.77. The number of H-pyrrole nitrogens is 1. The smallest absolute Gasteiger partial charge is 0.121 e. The number of hydrogen-bond acceptors (Lipinski definition) is 5. The lowest BCUT2D eigenvalue weighted by atomic mass is 10.1. The zero-order valence-corrected chi connectivity index (χ0v) is 13.6. The van der Waals surface area contributed by atoms with E-state index in [1.54, 1.807) is 22.7 Å². The minimum atomic E-state index is -0.128. The zero-order valence-electron chi connectivity index (χ0n) is 10.2. The van der Waals surface area contributed by atoms with Crippen molar-refractivity contribution in [1.82, 2.24) is 4.98 Å². The monoisotopic (exact) mass is 334 g/mol. The highest BCUT2D eigenvalue weighted by atomic mass is 32.1. The van der Waals surface area contributed by atoms with Crippen molar-refractivity contribution in [3.63, 3.8) is 0 Å². The number of nitrogens with one attached hydrogen (secondary N) is 1. The summed E-state index contributed by atoms with van der Waals surface area (Å²) in [5.74, 6) is 0. The van der Waals surface area contributed by atoms with Gasteiger partial charge in [0.25, 0.3) is 0 Å². The largest absolute Gasteiger partial charge is 0.348 e. The Balaban J connectivity index is 1.93. The van der Waals surface area contributed by atoms with Crippen molar-refractivity contribution in [3.8, 4) is 10.6 Å². The van der Waals surface area contributed by atoms with Crippen LogP contribution in [-0.2, 0) is 0 Å². The Morgan fingerprint density at radius 1 is 1.10 bits per heavy atom. The van der Waals surface area contributed by atoms with Crippen LogP contribution >= 0.6 is 47.9 Å². The number of thiophene rings is 2. The highest BCUT2D eigenvalue weighted by Gasteiger charge is 2.31. The molecule has 4 rings (SSSR count). The van der Waals surface area contributed by atoms with Crippen LogP contribution in [0.5, 0.6) is 0 Å². The fraction of sp³-hybridized carbons (Fsp3) is 0.0714. The van der Waals surface area contributed by atoms with Crippen molar-refractivity contribution in [2.75, 3.05) is 0 Å². The molecule has 2 nitrogen and oxygen atoms in total. The van der Waals surface area contributed by atoms with E-state index in [4.69, 9.17) is 4.99 Å². The van der Waals surface area contributed by atoms with Gasteiger partial charge in [0, 0.05) is 11.1 Å². The van der Waals surface area contributed by atoms with Gasteiger partial charge in [-0.25, -0.2) is 0 Å². The maximum atomic E-state index is 4.72. The summed E-state index contributed by atoms with van der Waals surface area (Å²) in [5.41, 5.74) is 4.33. The van der Waals surface area contributed by atoms with Crippen LogP contribution in [0.15, 0.2) is 45.0 Å². The molecule has 3 aromatic heterocycles. The molecule has 1 N–H and O–H groups in total. The molecule has 0 amide bonds. The number of aromatic nitrogens is 1. The molecule has 6 heteroatoms. The first-order chi connectivity index (χ1) is 9.75. The van der Waals surface area contributed by atoms with E-state index in [1.807, 2.05) is 6.07 Å². The van der Waals surface area contributed by atoms with Crippen LogP contribution in [-0.4, -0.2) is 10.7 Å². The van der Waals surface area contributed by atoms with Gasteiger partial charge in [0.15, 0.2) is 0 Å². The summed E-state index contributed by atoms with van der Waals surface area (Å²) in [7, 11) is 0. The van der Waals surface area contributed by atoms with Gasteiger partial charge < -0.3 is 4.98 Å². The number of hydrogen-bond donors (Lipinski definition) is 3. The minimum Gasteiger partial charge on any atom is -0.348 e. The molecule has 1 unspecified atom stereocenters. The van der Waals surface area contributed by atoms with Gasteiger partial charge in [0.2, 0.25) is 0 Å². The van der Waals surface area contributed by atoms with E-state index >= 15 is 0 Å². The lowest BCUT2D eigenvalue weighted by Gasteiger charge is -2.02. The number of aromatic amines is 1. The second-order valence-electron chi connectivity index (χ2n) is 4.44. The molecule has 4 heterocycles. The van der Waals surface area contributed by atoms with Gasteiger partial charge in [0.05, 0.1) is 26.2 Å². The normalized spacial score (nSPS) is 17.3. The van der Waals surface area contributed by atoms with Crippen LogP contribution in [0.3, 0.4) is 0 Å². The molecule has 0 saturated carbocycles. The molecule has 0 bridgehead atoms. The molecule has 0 aromatic carbocycles. The van der Waals surface area contributed by atoms with Crippen molar-refractivity contribution in [2.24, 2.45) is 4.99 Å².